The van der Waals surface area contributed by atoms with E-state index in [4.69, 9.17) is 9.47 Å². The Kier molecular flexibility index (Phi) is 7.21. The van der Waals surface area contributed by atoms with Crippen molar-refractivity contribution in [2.24, 2.45) is 0 Å². The first-order valence-corrected chi connectivity index (χ1v) is 11.2. The van der Waals surface area contributed by atoms with E-state index >= 15 is 0 Å². The van der Waals surface area contributed by atoms with Gasteiger partial charge in [0, 0.05) is 49.6 Å². The second-order valence-electron chi connectivity index (χ2n) is 8.18. The number of ether oxygens (including phenoxy) is 2. The number of aromatic nitrogens is 4. The molecule has 5 N–H and O–H groups in total. The van der Waals surface area contributed by atoms with Crippen molar-refractivity contribution < 1.29 is 66.3 Å². The first kappa shape index (κ1) is 27.0. The number of rotatable bonds is 2. The van der Waals surface area contributed by atoms with E-state index in [1.165, 1.54) is 38.5 Å². The molecular formula is C26H23CuN4O8+3. The number of nitrogens with zero attached hydrogens (tertiary/aromatic N) is 4. The number of phenols is 2. The van der Waals surface area contributed by atoms with Crippen LogP contribution in [0.3, 0.4) is 0 Å². The van der Waals surface area contributed by atoms with Gasteiger partial charge in [-0.25, -0.2) is 0 Å². The van der Waals surface area contributed by atoms with Crippen molar-refractivity contribution in [1.29, 1.82) is 0 Å². The van der Waals surface area contributed by atoms with Crippen LogP contribution in [0.15, 0.2) is 72.8 Å². The number of aromatic hydroxyl groups is 2. The molecule has 6 aromatic rings. The van der Waals surface area contributed by atoms with Crippen molar-refractivity contribution in [3.63, 3.8) is 0 Å². The molecule has 0 aliphatic rings. The molecule has 6 rings (SSSR count). The predicted octanol–water partition coefficient (Wildman–Crippen LogP) is 2.41. The van der Waals surface area contributed by atoms with Gasteiger partial charge in [-0.1, -0.05) is 24.3 Å². The molecule has 39 heavy (non-hydrogen) atoms. The van der Waals surface area contributed by atoms with E-state index in [2.05, 4.69) is 0 Å². The summed E-state index contributed by atoms with van der Waals surface area (Å²) in [6.07, 6.45) is 0. The Balaban J connectivity index is 0.000000176. The number of phenolic OH excluding ortho intramolecular Hbond substituents is 2. The molecule has 0 saturated heterocycles. The quantitative estimate of drug-likeness (QED) is 0.0902. The Morgan fingerprint density at radius 1 is 0.667 bits per heavy atom. The van der Waals surface area contributed by atoms with E-state index in [0.29, 0.717) is 27.0 Å². The molecule has 0 atom stereocenters. The second-order valence-corrected chi connectivity index (χ2v) is 8.18. The molecule has 4 aromatic carbocycles. The summed E-state index contributed by atoms with van der Waals surface area (Å²) in [5, 5.41) is 50.3. The Bertz CT molecular complexity index is 1940. The summed E-state index contributed by atoms with van der Waals surface area (Å²) in [4.78, 5) is 12.4. The van der Waals surface area contributed by atoms with Gasteiger partial charge in [0.2, 0.25) is 11.5 Å². The standard InChI is InChI=1S/C13H11N2O4.C13H10N2O4.Cu/c2*1-19-11-7-3-5-9-13(11)15(18)8-4-2-6-10(16)12(8)14(9)17;/h2-7,18H,1H3,(H,16,17);2-7,17H,1H3;/q+1;;/p+2. The summed E-state index contributed by atoms with van der Waals surface area (Å²) in [7, 11) is 2.92. The molecule has 0 aliphatic heterocycles. The van der Waals surface area contributed by atoms with E-state index < -0.39 is 0 Å². The first-order valence-electron chi connectivity index (χ1n) is 11.2. The average molecular weight is 583 g/mol. The van der Waals surface area contributed by atoms with Crippen LogP contribution in [-0.4, -0.2) is 44.8 Å². The third-order valence-corrected chi connectivity index (χ3v) is 6.12. The summed E-state index contributed by atoms with van der Waals surface area (Å²) in [5.41, 5.74) is 1.67. The van der Waals surface area contributed by atoms with Gasteiger partial charge >= 0.3 is 27.6 Å². The largest absolute Gasteiger partial charge is 0.505 e. The Hall–Kier alpha value is -5.00. The Labute approximate surface area is 229 Å². The molecule has 0 saturated carbocycles. The topological polar surface area (TPSA) is 155 Å². The zero-order valence-corrected chi connectivity index (χ0v) is 21.4. The van der Waals surface area contributed by atoms with Crippen molar-refractivity contribution in [3.8, 4) is 23.0 Å². The Morgan fingerprint density at radius 2 is 1.15 bits per heavy atom. The maximum atomic E-state index is 12.4. The summed E-state index contributed by atoms with van der Waals surface area (Å²) in [6, 6.07) is 18.8. The van der Waals surface area contributed by atoms with Crippen LogP contribution in [-0.2, 0) is 17.1 Å². The molecule has 0 bridgehead atoms. The molecule has 203 valence electrons. The van der Waals surface area contributed by atoms with Crippen molar-refractivity contribution in [2.45, 2.75) is 0 Å². The Morgan fingerprint density at radius 3 is 1.79 bits per heavy atom. The zero-order chi connectivity index (χ0) is 27.1. The number of para-hydroxylation sites is 4. The smallest absolute Gasteiger partial charge is 0.375 e. The van der Waals surface area contributed by atoms with Gasteiger partial charge in [0.1, 0.15) is 5.75 Å². The molecule has 0 amide bonds. The molecule has 13 heteroatoms. The van der Waals surface area contributed by atoms with Gasteiger partial charge in [0.05, 0.1) is 18.6 Å². The third kappa shape index (κ3) is 4.19. The van der Waals surface area contributed by atoms with Crippen molar-refractivity contribution in [2.75, 3.05) is 14.2 Å². The third-order valence-electron chi connectivity index (χ3n) is 6.12. The zero-order valence-electron chi connectivity index (χ0n) is 20.5. The van der Waals surface area contributed by atoms with Gasteiger partial charge in [-0.3, -0.25) is 10.4 Å². The average Bonchev–Trinajstić information content (AvgIpc) is 2.93. The summed E-state index contributed by atoms with van der Waals surface area (Å²) < 4.78 is 13.4. The van der Waals surface area contributed by atoms with E-state index in [1.807, 2.05) is 0 Å². The SMILES string of the molecule is COc1cccc2c1[n+](=O)c1cccc(O)c1n2O.COc1cccc2c1[n+](O)c1cccc(O)c1[n+]2O.[Cu]. The van der Waals surface area contributed by atoms with Crippen LogP contribution in [0, 0.1) is 4.91 Å². The van der Waals surface area contributed by atoms with Gasteiger partial charge < -0.3 is 24.9 Å². The number of fused-ring (bicyclic) bond motifs is 4. The summed E-state index contributed by atoms with van der Waals surface area (Å²) >= 11 is 0. The van der Waals surface area contributed by atoms with Crippen molar-refractivity contribution in [1.82, 2.24) is 4.73 Å². The van der Waals surface area contributed by atoms with Crippen LogP contribution in [0.1, 0.15) is 0 Å². The molecule has 1 radical (unpaired) electrons. The van der Waals surface area contributed by atoms with Gasteiger partial charge in [0.15, 0.2) is 16.8 Å². The van der Waals surface area contributed by atoms with Crippen LogP contribution in [0.2, 0.25) is 0 Å². The fourth-order valence-electron chi connectivity index (χ4n) is 4.40. The molecule has 0 unspecified atom stereocenters. The second kappa shape index (κ2) is 10.4. The fourth-order valence-corrected chi connectivity index (χ4v) is 4.40. The van der Waals surface area contributed by atoms with Crippen LogP contribution < -0.4 is 23.4 Å². The molecular weight excluding hydrogens is 560 g/mol. The first-order chi connectivity index (χ1) is 18.3. The van der Waals surface area contributed by atoms with E-state index in [-0.39, 0.29) is 61.7 Å². The minimum absolute atomic E-state index is 0. The van der Waals surface area contributed by atoms with Gasteiger partial charge in [-0.2, -0.15) is 4.73 Å². The van der Waals surface area contributed by atoms with Crippen LogP contribution in [0.25, 0.3) is 44.1 Å². The maximum Gasteiger partial charge on any atom is 0.375 e. The van der Waals surface area contributed by atoms with Gasteiger partial charge in [0.25, 0.3) is 5.52 Å². The molecule has 2 heterocycles. The number of hydrogen-bond acceptors (Lipinski definition) is 8. The minimum Gasteiger partial charge on any atom is -0.505 e. The maximum absolute atomic E-state index is 12.4. The van der Waals surface area contributed by atoms with Crippen LogP contribution in [0.5, 0.6) is 23.0 Å². The summed E-state index contributed by atoms with van der Waals surface area (Å²) in [5.74, 6) is 0.454. The van der Waals surface area contributed by atoms with E-state index in [9.17, 15) is 30.7 Å². The normalized spacial score (nSPS) is 10.7. The van der Waals surface area contributed by atoms with E-state index in [1.54, 1.807) is 48.5 Å². The fraction of sp³-hybridized carbons (Fsp3) is 0.0769. The molecule has 0 spiro atoms. The number of benzene rings is 4. The predicted molar refractivity (Wildman–Crippen MR) is 133 cm³/mol. The molecule has 2 aromatic heterocycles. The molecule has 0 fully saturated rings. The van der Waals surface area contributed by atoms with Crippen LogP contribution in [0.4, 0.5) is 0 Å². The number of methoxy groups -OCH3 is 2. The molecule has 12 nitrogen and oxygen atoms in total. The van der Waals surface area contributed by atoms with E-state index in [0.717, 1.165) is 14.2 Å². The number of hydrogen-bond donors (Lipinski definition) is 5. The van der Waals surface area contributed by atoms with Crippen molar-refractivity contribution in [3.05, 3.63) is 77.7 Å². The van der Waals surface area contributed by atoms with Gasteiger partial charge in [-0.15, -0.1) is 0 Å². The minimum atomic E-state index is -0.172. The van der Waals surface area contributed by atoms with Gasteiger partial charge in [-0.05, 0) is 30.3 Å². The van der Waals surface area contributed by atoms with Crippen LogP contribution >= 0.6 is 0 Å². The van der Waals surface area contributed by atoms with Crippen molar-refractivity contribution >= 4 is 44.1 Å². The molecule has 0 aliphatic carbocycles. The summed E-state index contributed by atoms with van der Waals surface area (Å²) in [6.45, 7) is 0. The monoisotopic (exact) mass is 582 g/mol.